The van der Waals surface area contributed by atoms with Crippen LogP contribution in [0.5, 0.6) is 11.5 Å². The SMILES string of the molecule is Cc1ccc(S(=O)(=O)OC(Oc2cccc3c2OC2CCCC32)C(=O)O)cc1. The molecule has 1 fully saturated rings. The Balaban J connectivity index is 1.58. The van der Waals surface area contributed by atoms with E-state index in [2.05, 4.69) is 0 Å². The highest BCUT2D eigenvalue weighted by atomic mass is 32.2. The molecule has 1 N–H and O–H groups in total. The second kappa shape index (κ2) is 7.10. The molecule has 4 rings (SSSR count). The molecule has 1 aliphatic heterocycles. The number of carbonyl (C=O) groups is 1. The number of benzene rings is 2. The lowest BCUT2D eigenvalue weighted by Gasteiger charge is -2.17. The maximum absolute atomic E-state index is 12.4. The van der Waals surface area contributed by atoms with Crippen molar-refractivity contribution in [2.45, 2.75) is 49.4 Å². The number of carboxylic acids is 1. The van der Waals surface area contributed by atoms with Gasteiger partial charge in [0.15, 0.2) is 11.5 Å². The summed E-state index contributed by atoms with van der Waals surface area (Å²) in [6, 6.07) is 11.1. The van der Waals surface area contributed by atoms with Crippen LogP contribution in [0.3, 0.4) is 0 Å². The minimum Gasteiger partial charge on any atom is -0.486 e. The Morgan fingerprint density at radius 1 is 1.18 bits per heavy atom. The molecule has 1 saturated carbocycles. The van der Waals surface area contributed by atoms with Crippen LogP contribution in [0.2, 0.25) is 0 Å². The molecule has 7 nitrogen and oxygen atoms in total. The monoisotopic (exact) mass is 404 g/mol. The zero-order valence-corrected chi connectivity index (χ0v) is 16.0. The van der Waals surface area contributed by atoms with E-state index in [1.807, 2.05) is 13.0 Å². The molecule has 1 heterocycles. The average Bonchev–Trinajstić information content (AvgIpc) is 3.23. The van der Waals surface area contributed by atoms with Gasteiger partial charge in [0.2, 0.25) is 0 Å². The van der Waals surface area contributed by atoms with Gasteiger partial charge in [-0.25, -0.2) is 8.98 Å². The Labute approximate surface area is 163 Å². The summed E-state index contributed by atoms with van der Waals surface area (Å²) >= 11 is 0. The standard InChI is InChI=1S/C20H20O7S/c1-12-8-10-13(11-9-12)28(23,24)27-20(19(21)22)26-17-7-3-5-15-14-4-2-6-16(14)25-18(15)17/h3,5,7-11,14,16,20H,2,4,6H2,1H3,(H,21,22). The van der Waals surface area contributed by atoms with E-state index in [1.54, 1.807) is 24.3 Å². The van der Waals surface area contributed by atoms with Gasteiger partial charge in [0.1, 0.15) is 6.10 Å². The first-order valence-corrected chi connectivity index (χ1v) is 10.4. The number of ether oxygens (including phenoxy) is 2. The van der Waals surface area contributed by atoms with E-state index in [4.69, 9.17) is 13.7 Å². The van der Waals surface area contributed by atoms with Crippen molar-refractivity contribution in [2.75, 3.05) is 0 Å². The van der Waals surface area contributed by atoms with E-state index >= 15 is 0 Å². The summed E-state index contributed by atoms with van der Waals surface area (Å²) in [7, 11) is -4.32. The lowest BCUT2D eigenvalue weighted by molar-refractivity contribution is -0.158. The molecule has 0 aromatic heterocycles. The van der Waals surface area contributed by atoms with Gasteiger partial charge in [-0.15, -0.1) is 0 Å². The number of hydrogen-bond donors (Lipinski definition) is 1. The average molecular weight is 404 g/mol. The number of aryl methyl sites for hydroxylation is 1. The van der Waals surface area contributed by atoms with Crippen LogP contribution in [0.1, 0.15) is 36.3 Å². The second-order valence-electron chi connectivity index (χ2n) is 7.02. The van der Waals surface area contributed by atoms with Crippen LogP contribution in [0.25, 0.3) is 0 Å². The molecule has 8 heteroatoms. The number of hydrogen-bond acceptors (Lipinski definition) is 6. The Bertz CT molecular complexity index is 998. The highest BCUT2D eigenvalue weighted by Gasteiger charge is 2.40. The molecule has 2 aromatic carbocycles. The number of para-hydroxylation sites is 1. The maximum Gasteiger partial charge on any atom is 0.375 e. The Morgan fingerprint density at radius 2 is 1.93 bits per heavy atom. The summed E-state index contributed by atoms with van der Waals surface area (Å²) < 4.78 is 41.2. The van der Waals surface area contributed by atoms with Gasteiger partial charge < -0.3 is 14.6 Å². The summed E-state index contributed by atoms with van der Waals surface area (Å²) in [6.45, 7) is 1.81. The van der Waals surface area contributed by atoms with Crippen molar-refractivity contribution in [1.29, 1.82) is 0 Å². The molecule has 0 amide bonds. The summed E-state index contributed by atoms with van der Waals surface area (Å²) in [5.74, 6) is -0.649. The first-order valence-electron chi connectivity index (χ1n) is 9.04. The van der Waals surface area contributed by atoms with Gasteiger partial charge in [-0.05, 0) is 44.4 Å². The Hall–Kier alpha value is -2.58. The van der Waals surface area contributed by atoms with Crippen molar-refractivity contribution in [2.24, 2.45) is 0 Å². The number of aliphatic carboxylic acids is 1. The summed E-state index contributed by atoms with van der Waals surface area (Å²) in [5.41, 5.74) is 1.83. The highest BCUT2D eigenvalue weighted by molar-refractivity contribution is 7.86. The summed E-state index contributed by atoms with van der Waals surface area (Å²) in [4.78, 5) is 11.5. The van der Waals surface area contributed by atoms with Crippen molar-refractivity contribution < 1.29 is 32.0 Å². The molecular weight excluding hydrogens is 384 g/mol. The lowest BCUT2D eigenvalue weighted by Crippen LogP contribution is -2.32. The molecular formula is C20H20O7S. The van der Waals surface area contributed by atoms with Crippen LogP contribution >= 0.6 is 0 Å². The molecule has 2 aromatic rings. The van der Waals surface area contributed by atoms with E-state index in [-0.39, 0.29) is 22.7 Å². The van der Waals surface area contributed by atoms with Gasteiger partial charge in [-0.2, -0.15) is 8.42 Å². The van der Waals surface area contributed by atoms with Gasteiger partial charge in [-0.3, -0.25) is 0 Å². The second-order valence-corrected chi connectivity index (χ2v) is 8.59. The van der Waals surface area contributed by atoms with Crippen molar-refractivity contribution in [1.82, 2.24) is 0 Å². The van der Waals surface area contributed by atoms with Gasteiger partial charge >= 0.3 is 22.4 Å². The smallest absolute Gasteiger partial charge is 0.375 e. The largest absolute Gasteiger partial charge is 0.486 e. The Morgan fingerprint density at radius 3 is 2.64 bits per heavy atom. The minimum absolute atomic E-state index is 0.0558. The Kier molecular flexibility index (Phi) is 4.76. The van der Waals surface area contributed by atoms with E-state index in [1.165, 1.54) is 12.1 Å². The molecule has 0 bridgehead atoms. The quantitative estimate of drug-likeness (QED) is 0.583. The van der Waals surface area contributed by atoms with Crippen molar-refractivity contribution in [3.05, 3.63) is 53.6 Å². The van der Waals surface area contributed by atoms with Gasteiger partial charge in [0, 0.05) is 11.5 Å². The normalized spacial score (nSPS) is 21.5. The molecule has 28 heavy (non-hydrogen) atoms. The molecule has 148 valence electrons. The fourth-order valence-electron chi connectivity index (χ4n) is 3.72. The highest BCUT2D eigenvalue weighted by Crippen LogP contribution is 2.50. The van der Waals surface area contributed by atoms with Gasteiger partial charge in [0.05, 0.1) is 4.90 Å². The summed E-state index contributed by atoms with van der Waals surface area (Å²) in [6.07, 6.45) is 1.04. The molecule has 3 unspecified atom stereocenters. The minimum atomic E-state index is -4.32. The van der Waals surface area contributed by atoms with Gasteiger partial charge in [-0.1, -0.05) is 29.8 Å². The molecule has 1 aliphatic carbocycles. The fraction of sp³-hybridized carbons (Fsp3) is 0.350. The van der Waals surface area contributed by atoms with Crippen molar-refractivity contribution >= 4 is 16.1 Å². The third kappa shape index (κ3) is 3.45. The molecule has 0 saturated heterocycles. The predicted molar refractivity (Wildman–Crippen MR) is 99.0 cm³/mol. The third-order valence-electron chi connectivity index (χ3n) is 5.09. The summed E-state index contributed by atoms with van der Waals surface area (Å²) in [5, 5.41) is 9.44. The van der Waals surface area contributed by atoms with Crippen LogP contribution in [0.4, 0.5) is 0 Å². The fourth-order valence-corrected chi connectivity index (χ4v) is 4.65. The molecule has 0 spiro atoms. The van der Waals surface area contributed by atoms with E-state index in [9.17, 15) is 18.3 Å². The van der Waals surface area contributed by atoms with Crippen molar-refractivity contribution in [3.63, 3.8) is 0 Å². The number of fused-ring (bicyclic) bond motifs is 3. The molecule has 0 radical (unpaired) electrons. The molecule has 2 aliphatic rings. The number of rotatable bonds is 6. The number of carboxylic acid groups (broad SMARTS) is 1. The first kappa shape index (κ1) is 18.8. The maximum atomic E-state index is 12.4. The first-order chi connectivity index (χ1) is 13.3. The van der Waals surface area contributed by atoms with Crippen molar-refractivity contribution in [3.8, 4) is 11.5 Å². The van der Waals surface area contributed by atoms with E-state index in [0.717, 1.165) is 30.4 Å². The topological polar surface area (TPSA) is 99.1 Å². The van der Waals surface area contributed by atoms with E-state index in [0.29, 0.717) is 5.75 Å². The van der Waals surface area contributed by atoms with E-state index < -0.39 is 22.4 Å². The van der Waals surface area contributed by atoms with Crippen LogP contribution in [0, 0.1) is 6.92 Å². The lowest BCUT2D eigenvalue weighted by atomic mass is 9.97. The zero-order chi connectivity index (χ0) is 19.9. The van der Waals surface area contributed by atoms with Gasteiger partial charge in [0.25, 0.3) is 0 Å². The third-order valence-corrected chi connectivity index (χ3v) is 6.37. The zero-order valence-electron chi connectivity index (χ0n) is 15.2. The molecule has 3 atom stereocenters. The van der Waals surface area contributed by atoms with Crippen LogP contribution in [-0.4, -0.2) is 31.9 Å². The van der Waals surface area contributed by atoms with Crippen LogP contribution in [0.15, 0.2) is 47.4 Å². The predicted octanol–water partition coefficient (Wildman–Crippen LogP) is 3.22. The van der Waals surface area contributed by atoms with Crippen LogP contribution in [-0.2, 0) is 19.1 Å². The van der Waals surface area contributed by atoms with Crippen LogP contribution < -0.4 is 9.47 Å².